The molecule has 0 unspecified atom stereocenters. The summed E-state index contributed by atoms with van der Waals surface area (Å²) < 4.78 is 26.1. The van der Waals surface area contributed by atoms with Crippen LogP contribution >= 0.6 is 0 Å². The largest absolute Gasteiger partial charge is 0.274 e. The normalized spacial score (nSPS) is 14.3. The van der Waals surface area contributed by atoms with E-state index in [0.717, 1.165) is 11.0 Å². The number of carbonyl (C=O) groups is 2. The average molecular weight is 211 g/mol. The number of benzene rings is 1. The Morgan fingerprint density at radius 1 is 1.40 bits per heavy atom. The highest BCUT2D eigenvalue weighted by atomic mass is 19.2. The fourth-order valence-electron chi connectivity index (χ4n) is 1.67. The molecule has 15 heavy (non-hydrogen) atoms. The zero-order valence-electron chi connectivity index (χ0n) is 7.88. The van der Waals surface area contributed by atoms with Gasteiger partial charge in [0.1, 0.15) is 0 Å². The molecule has 0 saturated heterocycles. The molecule has 0 aliphatic carbocycles. The summed E-state index contributed by atoms with van der Waals surface area (Å²) in [6, 6.07) is 2.14. The molecule has 0 spiro atoms. The van der Waals surface area contributed by atoms with Gasteiger partial charge in [-0.1, -0.05) is 0 Å². The molecule has 0 bridgehead atoms. The van der Waals surface area contributed by atoms with Gasteiger partial charge >= 0.3 is 0 Å². The van der Waals surface area contributed by atoms with Crippen molar-refractivity contribution in [3.8, 4) is 0 Å². The third-order valence-corrected chi connectivity index (χ3v) is 2.30. The quantitative estimate of drug-likeness (QED) is 0.650. The highest BCUT2D eigenvalue weighted by Crippen LogP contribution is 2.31. The van der Waals surface area contributed by atoms with Gasteiger partial charge in [0.25, 0.3) is 0 Å². The maximum atomic E-state index is 13.2. The first-order chi connectivity index (χ1) is 7.02. The lowest BCUT2D eigenvalue weighted by Crippen LogP contribution is -2.31. The summed E-state index contributed by atoms with van der Waals surface area (Å²) in [5.74, 6) is -3.08. The van der Waals surface area contributed by atoms with Gasteiger partial charge in [-0.15, -0.1) is 0 Å². The zero-order chi connectivity index (χ0) is 11.2. The monoisotopic (exact) mass is 211 g/mol. The second-order valence-electron chi connectivity index (χ2n) is 3.28. The molecule has 0 saturated carbocycles. The van der Waals surface area contributed by atoms with Crippen LogP contribution in [-0.2, 0) is 16.0 Å². The molecule has 0 radical (unpaired) electrons. The predicted octanol–water partition coefficient (Wildman–Crippen LogP) is 1.40. The van der Waals surface area contributed by atoms with Crippen LogP contribution < -0.4 is 4.90 Å². The van der Waals surface area contributed by atoms with E-state index in [1.807, 2.05) is 0 Å². The highest BCUT2D eigenvalue weighted by Gasteiger charge is 2.33. The number of imide groups is 1. The second kappa shape index (κ2) is 3.12. The van der Waals surface area contributed by atoms with Crippen molar-refractivity contribution in [3.63, 3.8) is 0 Å². The van der Waals surface area contributed by atoms with E-state index in [0.29, 0.717) is 0 Å². The third kappa shape index (κ3) is 1.31. The van der Waals surface area contributed by atoms with E-state index in [9.17, 15) is 18.4 Å². The third-order valence-electron chi connectivity index (χ3n) is 2.30. The van der Waals surface area contributed by atoms with E-state index in [2.05, 4.69) is 0 Å². The topological polar surface area (TPSA) is 37.4 Å². The maximum Gasteiger partial charge on any atom is 0.238 e. The Balaban J connectivity index is 2.62. The number of rotatable bonds is 0. The average Bonchev–Trinajstić information content (AvgIpc) is 2.49. The molecule has 1 heterocycles. The van der Waals surface area contributed by atoms with Gasteiger partial charge in [-0.05, 0) is 12.1 Å². The van der Waals surface area contributed by atoms with Crippen LogP contribution in [0.25, 0.3) is 0 Å². The first kappa shape index (κ1) is 9.76. The Morgan fingerprint density at radius 3 is 2.67 bits per heavy atom. The Morgan fingerprint density at radius 2 is 2.07 bits per heavy atom. The minimum Gasteiger partial charge on any atom is -0.274 e. The van der Waals surface area contributed by atoms with Crippen molar-refractivity contribution in [3.05, 3.63) is 29.3 Å². The molecule has 5 heteroatoms. The van der Waals surface area contributed by atoms with Crippen LogP contribution in [0.4, 0.5) is 14.5 Å². The van der Waals surface area contributed by atoms with Crippen molar-refractivity contribution in [1.29, 1.82) is 0 Å². The van der Waals surface area contributed by atoms with Gasteiger partial charge in [0.05, 0.1) is 12.1 Å². The summed E-state index contributed by atoms with van der Waals surface area (Å²) in [6.45, 7) is 1.20. The fraction of sp³-hybridized carbons (Fsp3) is 0.200. The Kier molecular flexibility index (Phi) is 2.03. The van der Waals surface area contributed by atoms with Gasteiger partial charge in [0.15, 0.2) is 11.6 Å². The number of hydrogen-bond donors (Lipinski definition) is 0. The molecule has 0 aromatic heterocycles. The number of fused-ring (bicyclic) bond motifs is 1. The van der Waals surface area contributed by atoms with Crippen LogP contribution in [0.2, 0.25) is 0 Å². The SMILES string of the molecule is CC(=O)N1C(=O)Cc2c1ccc(F)c2F. The number of amides is 2. The van der Waals surface area contributed by atoms with Crippen molar-refractivity contribution in [2.75, 3.05) is 4.90 Å². The molecule has 0 atom stereocenters. The molecular formula is C10H7F2NO2. The summed E-state index contributed by atoms with van der Waals surface area (Å²) in [5, 5.41) is 0. The van der Waals surface area contributed by atoms with Crippen molar-refractivity contribution >= 4 is 17.5 Å². The minimum atomic E-state index is -1.05. The van der Waals surface area contributed by atoms with E-state index >= 15 is 0 Å². The summed E-state index contributed by atoms with van der Waals surface area (Å²) >= 11 is 0. The molecule has 2 amide bonds. The van der Waals surface area contributed by atoms with E-state index in [-0.39, 0.29) is 17.7 Å². The summed E-state index contributed by atoms with van der Waals surface area (Å²) in [5.41, 5.74) is 0.0987. The van der Waals surface area contributed by atoms with Crippen LogP contribution in [-0.4, -0.2) is 11.8 Å². The number of hydrogen-bond acceptors (Lipinski definition) is 2. The maximum absolute atomic E-state index is 13.2. The van der Waals surface area contributed by atoms with Crippen molar-refractivity contribution in [2.24, 2.45) is 0 Å². The van der Waals surface area contributed by atoms with Gasteiger partial charge in [-0.3, -0.25) is 14.5 Å². The molecule has 2 rings (SSSR count). The number of carbonyl (C=O) groups excluding carboxylic acids is 2. The summed E-state index contributed by atoms with van der Waals surface area (Å²) in [6.07, 6.45) is -0.265. The van der Waals surface area contributed by atoms with E-state index < -0.39 is 23.4 Å². The first-order valence-corrected chi connectivity index (χ1v) is 4.32. The molecule has 1 aliphatic heterocycles. The lowest BCUT2D eigenvalue weighted by molar-refractivity contribution is -0.124. The molecule has 0 N–H and O–H groups in total. The van der Waals surface area contributed by atoms with Gasteiger partial charge in [-0.25, -0.2) is 8.78 Å². The fourth-order valence-corrected chi connectivity index (χ4v) is 1.67. The standard InChI is InChI=1S/C10H7F2NO2/c1-5(14)13-8-3-2-7(11)10(12)6(8)4-9(13)15/h2-3H,4H2,1H3. The Hall–Kier alpha value is -1.78. The zero-order valence-corrected chi connectivity index (χ0v) is 7.88. The Labute approximate surface area is 84.3 Å². The highest BCUT2D eigenvalue weighted by molar-refractivity contribution is 6.18. The van der Waals surface area contributed by atoms with E-state index in [4.69, 9.17) is 0 Å². The Bertz CT molecular complexity index is 471. The molecule has 3 nitrogen and oxygen atoms in total. The van der Waals surface area contributed by atoms with E-state index in [1.54, 1.807) is 0 Å². The van der Waals surface area contributed by atoms with Crippen molar-refractivity contribution in [1.82, 2.24) is 0 Å². The van der Waals surface area contributed by atoms with Gasteiger partial charge in [0, 0.05) is 12.5 Å². The van der Waals surface area contributed by atoms with E-state index in [1.165, 1.54) is 13.0 Å². The molecular weight excluding hydrogens is 204 g/mol. The first-order valence-electron chi connectivity index (χ1n) is 4.32. The lowest BCUT2D eigenvalue weighted by atomic mass is 10.1. The molecule has 1 aromatic rings. The van der Waals surface area contributed by atoms with Gasteiger partial charge < -0.3 is 0 Å². The van der Waals surface area contributed by atoms with Crippen LogP contribution in [0.3, 0.4) is 0 Å². The predicted molar refractivity (Wildman–Crippen MR) is 48.2 cm³/mol. The summed E-state index contributed by atoms with van der Waals surface area (Å²) in [4.78, 5) is 23.3. The molecule has 1 aromatic carbocycles. The smallest absolute Gasteiger partial charge is 0.238 e. The molecule has 0 fully saturated rings. The van der Waals surface area contributed by atoms with Crippen LogP contribution in [0.5, 0.6) is 0 Å². The molecule has 78 valence electrons. The minimum absolute atomic E-state index is 0.0461. The van der Waals surface area contributed by atoms with Gasteiger partial charge in [-0.2, -0.15) is 0 Å². The van der Waals surface area contributed by atoms with Crippen LogP contribution in [0.1, 0.15) is 12.5 Å². The molecule has 1 aliphatic rings. The summed E-state index contributed by atoms with van der Waals surface area (Å²) in [7, 11) is 0. The van der Waals surface area contributed by atoms with Crippen LogP contribution in [0.15, 0.2) is 12.1 Å². The number of halogens is 2. The number of anilines is 1. The second-order valence-corrected chi connectivity index (χ2v) is 3.28. The van der Waals surface area contributed by atoms with Crippen molar-refractivity contribution < 1.29 is 18.4 Å². The lowest BCUT2D eigenvalue weighted by Gasteiger charge is -2.12. The van der Waals surface area contributed by atoms with Crippen LogP contribution in [0, 0.1) is 11.6 Å². The number of nitrogens with zero attached hydrogens (tertiary/aromatic N) is 1. The van der Waals surface area contributed by atoms with Crippen molar-refractivity contribution in [2.45, 2.75) is 13.3 Å². The van der Waals surface area contributed by atoms with Gasteiger partial charge in [0.2, 0.25) is 11.8 Å².